The van der Waals surface area contributed by atoms with Crippen LogP contribution in [0.25, 0.3) is 0 Å². The van der Waals surface area contributed by atoms with Crippen molar-refractivity contribution < 1.29 is 9.53 Å². The predicted octanol–water partition coefficient (Wildman–Crippen LogP) is 2.23. The van der Waals surface area contributed by atoms with Crippen LogP contribution in [0.5, 0.6) is 0 Å². The largest absolute Gasteiger partial charge is 0.368 e. The van der Waals surface area contributed by atoms with Crippen molar-refractivity contribution in [1.29, 1.82) is 0 Å². The van der Waals surface area contributed by atoms with Gasteiger partial charge in [0.1, 0.15) is 5.60 Å². The van der Waals surface area contributed by atoms with Crippen molar-refractivity contribution in [1.82, 2.24) is 10.6 Å². The molecule has 1 amide bonds. The summed E-state index contributed by atoms with van der Waals surface area (Å²) in [5, 5.41) is 6.35. The van der Waals surface area contributed by atoms with Gasteiger partial charge >= 0.3 is 0 Å². The Morgan fingerprint density at radius 1 is 1.25 bits per heavy atom. The average molecular weight is 282 g/mol. The fraction of sp³-hybridized carbons (Fsp3) is 0.938. The van der Waals surface area contributed by atoms with E-state index in [-0.39, 0.29) is 5.91 Å². The lowest BCUT2D eigenvalue weighted by Gasteiger charge is -2.34. The van der Waals surface area contributed by atoms with Crippen LogP contribution in [0.4, 0.5) is 0 Å². The minimum Gasteiger partial charge on any atom is -0.368 e. The summed E-state index contributed by atoms with van der Waals surface area (Å²) in [7, 11) is 1.66. The van der Waals surface area contributed by atoms with Crippen LogP contribution in [0.1, 0.15) is 57.8 Å². The van der Waals surface area contributed by atoms with E-state index in [9.17, 15) is 4.79 Å². The molecule has 0 bridgehead atoms. The molecule has 0 aromatic heterocycles. The molecular weight excluding hydrogens is 252 g/mol. The van der Waals surface area contributed by atoms with Gasteiger partial charge in [-0.05, 0) is 38.3 Å². The molecule has 0 aromatic rings. The van der Waals surface area contributed by atoms with Gasteiger partial charge in [0, 0.05) is 13.7 Å². The fourth-order valence-electron chi connectivity index (χ4n) is 3.57. The number of amides is 1. The van der Waals surface area contributed by atoms with Gasteiger partial charge in [0.15, 0.2) is 0 Å². The highest BCUT2D eigenvalue weighted by Gasteiger charge is 2.39. The third-order valence-electron chi connectivity index (χ3n) is 5.02. The third kappa shape index (κ3) is 4.19. The summed E-state index contributed by atoms with van der Waals surface area (Å²) in [6, 6.07) is 0. The van der Waals surface area contributed by atoms with Gasteiger partial charge in [-0.2, -0.15) is 0 Å². The molecule has 0 atom stereocenters. The number of piperidine rings is 1. The molecule has 2 aliphatic rings. The summed E-state index contributed by atoms with van der Waals surface area (Å²) in [6.07, 6.45) is 10.9. The molecule has 1 saturated carbocycles. The van der Waals surface area contributed by atoms with Crippen molar-refractivity contribution in [2.75, 3.05) is 26.7 Å². The number of hydrogen-bond donors (Lipinski definition) is 2. The zero-order chi connectivity index (χ0) is 14.3. The van der Waals surface area contributed by atoms with Gasteiger partial charge < -0.3 is 15.4 Å². The molecule has 2 N–H and O–H groups in total. The predicted molar refractivity (Wildman–Crippen MR) is 80.7 cm³/mol. The Morgan fingerprint density at radius 2 is 1.95 bits per heavy atom. The van der Waals surface area contributed by atoms with E-state index in [0.29, 0.717) is 0 Å². The third-order valence-corrected chi connectivity index (χ3v) is 5.02. The lowest BCUT2D eigenvalue weighted by molar-refractivity contribution is -0.146. The van der Waals surface area contributed by atoms with Gasteiger partial charge in [-0.3, -0.25) is 4.79 Å². The first-order chi connectivity index (χ1) is 9.77. The van der Waals surface area contributed by atoms with Gasteiger partial charge in [0.2, 0.25) is 0 Å². The number of ether oxygens (including phenoxy) is 1. The van der Waals surface area contributed by atoms with Crippen molar-refractivity contribution in [3.63, 3.8) is 0 Å². The number of carbonyl (C=O) groups is 1. The van der Waals surface area contributed by atoms with Crippen LogP contribution in [0, 0.1) is 5.92 Å². The number of unbranched alkanes of at least 4 members (excludes halogenated alkanes) is 1. The number of carbonyl (C=O) groups excluding carboxylic acids is 1. The fourth-order valence-corrected chi connectivity index (χ4v) is 3.57. The summed E-state index contributed by atoms with van der Waals surface area (Å²) >= 11 is 0. The van der Waals surface area contributed by atoms with E-state index in [1.54, 1.807) is 7.11 Å². The maximum atomic E-state index is 12.3. The number of methoxy groups -OCH3 is 1. The van der Waals surface area contributed by atoms with E-state index >= 15 is 0 Å². The zero-order valence-electron chi connectivity index (χ0n) is 12.9. The normalized spacial score (nSPS) is 22.9. The van der Waals surface area contributed by atoms with Crippen molar-refractivity contribution in [2.24, 2.45) is 5.92 Å². The monoisotopic (exact) mass is 282 g/mol. The Labute approximate surface area is 123 Å². The highest BCUT2D eigenvalue weighted by Crippen LogP contribution is 2.28. The Morgan fingerprint density at radius 3 is 2.60 bits per heavy atom. The summed E-state index contributed by atoms with van der Waals surface area (Å²) in [4.78, 5) is 12.3. The second-order valence-corrected chi connectivity index (χ2v) is 6.35. The second kappa shape index (κ2) is 7.99. The van der Waals surface area contributed by atoms with Crippen LogP contribution in [0.15, 0.2) is 0 Å². The van der Waals surface area contributed by atoms with Crippen molar-refractivity contribution in [3.05, 3.63) is 0 Å². The maximum Gasteiger partial charge on any atom is 0.252 e. The van der Waals surface area contributed by atoms with Crippen LogP contribution in [0.3, 0.4) is 0 Å². The van der Waals surface area contributed by atoms with E-state index in [0.717, 1.165) is 44.8 Å². The Bertz CT molecular complexity index is 295. The molecule has 2 rings (SSSR count). The highest BCUT2D eigenvalue weighted by molar-refractivity contribution is 5.85. The van der Waals surface area contributed by atoms with Crippen LogP contribution in [-0.2, 0) is 9.53 Å². The van der Waals surface area contributed by atoms with Crippen molar-refractivity contribution in [2.45, 2.75) is 63.4 Å². The van der Waals surface area contributed by atoms with E-state index < -0.39 is 5.60 Å². The van der Waals surface area contributed by atoms with Crippen LogP contribution in [-0.4, -0.2) is 38.3 Å². The van der Waals surface area contributed by atoms with Crippen LogP contribution < -0.4 is 10.6 Å². The molecule has 1 aliphatic carbocycles. The number of rotatable bonds is 7. The summed E-state index contributed by atoms with van der Waals surface area (Å²) in [5.41, 5.74) is -0.587. The van der Waals surface area contributed by atoms with Gasteiger partial charge in [-0.25, -0.2) is 0 Å². The average Bonchev–Trinajstić information content (AvgIpc) is 3.00. The Kier molecular flexibility index (Phi) is 6.30. The highest BCUT2D eigenvalue weighted by atomic mass is 16.5. The van der Waals surface area contributed by atoms with Crippen LogP contribution in [0.2, 0.25) is 0 Å². The summed E-state index contributed by atoms with van der Waals surface area (Å²) in [5.74, 6) is 1.04. The van der Waals surface area contributed by atoms with E-state index in [2.05, 4.69) is 10.6 Å². The molecule has 0 radical (unpaired) electrons. The van der Waals surface area contributed by atoms with Crippen molar-refractivity contribution >= 4 is 5.91 Å². The Balaban J connectivity index is 1.61. The van der Waals surface area contributed by atoms with E-state index in [1.807, 2.05) is 0 Å². The standard InChI is InChI=1S/C16H30N2O2/c1-20-16(9-12-17-13-10-16)15(19)18-11-5-4-8-14-6-2-3-7-14/h14,17H,2-13H2,1H3,(H,18,19). The molecular formula is C16H30N2O2. The first-order valence-corrected chi connectivity index (χ1v) is 8.31. The maximum absolute atomic E-state index is 12.3. The molecule has 1 aliphatic heterocycles. The topological polar surface area (TPSA) is 50.4 Å². The molecule has 4 nitrogen and oxygen atoms in total. The van der Waals surface area contributed by atoms with Gasteiger partial charge in [0.05, 0.1) is 0 Å². The van der Waals surface area contributed by atoms with E-state index in [1.165, 1.54) is 38.5 Å². The molecule has 20 heavy (non-hydrogen) atoms. The minimum absolute atomic E-state index is 0.0855. The lowest BCUT2D eigenvalue weighted by Crippen LogP contribution is -2.54. The second-order valence-electron chi connectivity index (χ2n) is 6.35. The quantitative estimate of drug-likeness (QED) is 0.704. The molecule has 0 unspecified atom stereocenters. The minimum atomic E-state index is -0.587. The smallest absolute Gasteiger partial charge is 0.252 e. The van der Waals surface area contributed by atoms with Crippen molar-refractivity contribution in [3.8, 4) is 0 Å². The molecule has 4 heteroatoms. The summed E-state index contributed by atoms with van der Waals surface area (Å²) in [6.45, 7) is 2.52. The first-order valence-electron chi connectivity index (χ1n) is 8.31. The molecule has 1 heterocycles. The van der Waals surface area contributed by atoms with Gasteiger partial charge in [-0.15, -0.1) is 0 Å². The molecule has 116 valence electrons. The SMILES string of the molecule is COC1(C(=O)NCCCCC2CCCC2)CCNCC1. The Hall–Kier alpha value is -0.610. The van der Waals surface area contributed by atoms with Crippen LogP contribution >= 0.6 is 0 Å². The number of hydrogen-bond acceptors (Lipinski definition) is 3. The molecule has 1 saturated heterocycles. The number of nitrogens with one attached hydrogen (secondary N) is 2. The first kappa shape index (κ1) is 15.8. The summed E-state index contributed by atoms with van der Waals surface area (Å²) < 4.78 is 5.53. The molecule has 0 aromatic carbocycles. The molecule has 0 spiro atoms. The lowest BCUT2D eigenvalue weighted by atomic mass is 9.91. The van der Waals surface area contributed by atoms with Gasteiger partial charge in [-0.1, -0.05) is 38.5 Å². The zero-order valence-corrected chi connectivity index (χ0v) is 12.9. The van der Waals surface area contributed by atoms with E-state index in [4.69, 9.17) is 4.74 Å². The molecule has 2 fully saturated rings. The van der Waals surface area contributed by atoms with Gasteiger partial charge in [0.25, 0.3) is 5.91 Å².